The van der Waals surface area contributed by atoms with Crippen LogP contribution in [0.25, 0.3) is 0 Å². The van der Waals surface area contributed by atoms with E-state index in [-0.39, 0.29) is 11.9 Å². The van der Waals surface area contributed by atoms with Crippen LogP contribution in [0, 0.1) is 0 Å². The Kier molecular flexibility index (Phi) is 8.14. The molecular formula is C23H28N2O3S. The third-order valence-electron chi connectivity index (χ3n) is 4.91. The van der Waals surface area contributed by atoms with Gasteiger partial charge in [0.2, 0.25) is 0 Å². The molecule has 1 fully saturated rings. The Morgan fingerprint density at radius 3 is 2.24 bits per heavy atom. The Bertz CT molecular complexity index is 777. The minimum absolute atomic E-state index is 0.103. The van der Waals surface area contributed by atoms with E-state index in [2.05, 4.69) is 17.0 Å². The molecule has 0 aromatic heterocycles. The minimum atomic E-state index is -0.732. The van der Waals surface area contributed by atoms with Crippen LogP contribution in [0.15, 0.2) is 65.6 Å². The fraction of sp³-hybridized carbons (Fsp3) is 0.391. The molecule has 1 unspecified atom stereocenters. The quantitative estimate of drug-likeness (QED) is 0.491. The smallest absolute Gasteiger partial charge is 0.307 e. The highest BCUT2D eigenvalue weighted by atomic mass is 32.2. The number of ether oxygens (including phenoxy) is 1. The number of carbonyl (C=O) groups excluding carboxylic acids is 2. The molecular weight excluding hydrogens is 384 g/mol. The molecule has 1 saturated heterocycles. The van der Waals surface area contributed by atoms with Crippen molar-refractivity contribution in [1.82, 2.24) is 9.80 Å². The van der Waals surface area contributed by atoms with Crippen LogP contribution in [-0.4, -0.2) is 59.7 Å². The highest BCUT2D eigenvalue weighted by molar-refractivity contribution is 7.99. The first-order chi connectivity index (χ1) is 14.1. The molecule has 1 aliphatic rings. The monoisotopic (exact) mass is 412 g/mol. The number of hydrogen-bond acceptors (Lipinski definition) is 5. The number of esters is 1. The minimum Gasteiger partial charge on any atom is -0.453 e. The zero-order chi connectivity index (χ0) is 20.5. The van der Waals surface area contributed by atoms with Gasteiger partial charge in [-0.2, -0.15) is 0 Å². The summed E-state index contributed by atoms with van der Waals surface area (Å²) >= 11 is 1.61. The van der Waals surface area contributed by atoms with Crippen molar-refractivity contribution in [3.63, 3.8) is 0 Å². The summed E-state index contributed by atoms with van der Waals surface area (Å²) in [4.78, 5) is 30.0. The topological polar surface area (TPSA) is 49.9 Å². The molecule has 5 nitrogen and oxygen atoms in total. The van der Waals surface area contributed by atoms with E-state index >= 15 is 0 Å². The molecule has 1 amide bonds. The van der Waals surface area contributed by atoms with Gasteiger partial charge in [0.25, 0.3) is 5.91 Å². The van der Waals surface area contributed by atoms with E-state index in [1.807, 2.05) is 48.5 Å². The van der Waals surface area contributed by atoms with Crippen LogP contribution in [0.1, 0.15) is 18.9 Å². The van der Waals surface area contributed by atoms with Crippen LogP contribution in [0.2, 0.25) is 0 Å². The van der Waals surface area contributed by atoms with E-state index in [4.69, 9.17) is 4.74 Å². The third-order valence-corrected chi connectivity index (χ3v) is 5.92. The lowest BCUT2D eigenvalue weighted by Gasteiger charge is -2.35. The summed E-state index contributed by atoms with van der Waals surface area (Å²) in [6.07, 6.45) is -0.438. The molecule has 0 spiro atoms. The van der Waals surface area contributed by atoms with Gasteiger partial charge in [0, 0.05) is 43.4 Å². The number of carbonyl (C=O) groups is 2. The summed E-state index contributed by atoms with van der Waals surface area (Å²) in [5.41, 5.74) is 1.28. The van der Waals surface area contributed by atoms with Crippen LogP contribution in [0.3, 0.4) is 0 Å². The molecule has 2 aromatic carbocycles. The average Bonchev–Trinajstić information content (AvgIpc) is 2.75. The van der Waals surface area contributed by atoms with Crippen molar-refractivity contribution in [3.8, 4) is 0 Å². The molecule has 0 radical (unpaired) electrons. The molecule has 1 atom stereocenters. The van der Waals surface area contributed by atoms with Gasteiger partial charge >= 0.3 is 5.97 Å². The van der Waals surface area contributed by atoms with Crippen molar-refractivity contribution in [3.05, 3.63) is 66.2 Å². The number of amides is 1. The van der Waals surface area contributed by atoms with E-state index in [0.717, 1.165) is 24.5 Å². The van der Waals surface area contributed by atoms with Gasteiger partial charge in [-0.1, -0.05) is 48.5 Å². The Hall–Kier alpha value is -2.31. The van der Waals surface area contributed by atoms with Gasteiger partial charge < -0.3 is 9.64 Å². The molecule has 0 aliphatic carbocycles. The molecule has 3 rings (SSSR count). The molecule has 6 heteroatoms. The van der Waals surface area contributed by atoms with Crippen LogP contribution < -0.4 is 0 Å². The van der Waals surface area contributed by atoms with Gasteiger partial charge in [-0.25, -0.2) is 0 Å². The number of benzene rings is 2. The number of nitrogens with zero attached hydrogens (tertiary/aromatic N) is 2. The van der Waals surface area contributed by atoms with Crippen LogP contribution in [0.4, 0.5) is 0 Å². The Morgan fingerprint density at radius 2 is 1.59 bits per heavy atom. The zero-order valence-electron chi connectivity index (χ0n) is 16.8. The Morgan fingerprint density at radius 1 is 0.966 bits per heavy atom. The van der Waals surface area contributed by atoms with Crippen LogP contribution in [-0.2, 0) is 20.9 Å². The zero-order valence-corrected chi connectivity index (χ0v) is 17.6. The predicted molar refractivity (Wildman–Crippen MR) is 116 cm³/mol. The van der Waals surface area contributed by atoms with E-state index in [9.17, 15) is 9.59 Å². The number of hydrogen-bond donors (Lipinski definition) is 0. The molecule has 154 valence electrons. The van der Waals surface area contributed by atoms with Gasteiger partial charge in [0.05, 0.1) is 6.42 Å². The second-order valence-electron chi connectivity index (χ2n) is 7.13. The standard InChI is InChI=1S/C23H28N2O3S/c1-19(28-22(26)12-17-29-21-10-6-3-7-11-21)23(27)25-15-13-24(14-16-25)18-20-8-4-2-5-9-20/h2-11,19H,12-18H2,1H3. The first-order valence-corrected chi connectivity index (χ1v) is 11.0. The number of piperazine rings is 1. The van der Waals surface area contributed by atoms with Crippen molar-refractivity contribution < 1.29 is 14.3 Å². The van der Waals surface area contributed by atoms with Gasteiger partial charge in [0.15, 0.2) is 6.10 Å². The van der Waals surface area contributed by atoms with Crippen molar-refractivity contribution >= 4 is 23.6 Å². The van der Waals surface area contributed by atoms with Crippen LogP contribution in [0.5, 0.6) is 0 Å². The first kappa shape index (κ1) is 21.4. The highest BCUT2D eigenvalue weighted by Crippen LogP contribution is 2.18. The van der Waals surface area contributed by atoms with E-state index < -0.39 is 6.10 Å². The lowest BCUT2D eigenvalue weighted by Crippen LogP contribution is -2.51. The van der Waals surface area contributed by atoms with Crippen molar-refractivity contribution in [1.29, 1.82) is 0 Å². The summed E-state index contributed by atoms with van der Waals surface area (Å²) in [6, 6.07) is 20.3. The lowest BCUT2D eigenvalue weighted by atomic mass is 10.2. The molecule has 0 bridgehead atoms. The molecule has 2 aromatic rings. The maximum absolute atomic E-state index is 12.6. The van der Waals surface area contributed by atoms with Gasteiger partial charge in [-0.3, -0.25) is 14.5 Å². The normalized spacial score (nSPS) is 15.7. The van der Waals surface area contributed by atoms with Crippen molar-refractivity contribution in [2.45, 2.75) is 30.9 Å². The second-order valence-corrected chi connectivity index (χ2v) is 8.30. The van der Waals surface area contributed by atoms with Gasteiger partial charge in [-0.05, 0) is 24.6 Å². The second kappa shape index (κ2) is 11.0. The molecule has 29 heavy (non-hydrogen) atoms. The van der Waals surface area contributed by atoms with Crippen molar-refractivity contribution in [2.24, 2.45) is 0 Å². The summed E-state index contributed by atoms with van der Waals surface area (Å²) in [7, 11) is 0. The maximum atomic E-state index is 12.6. The molecule has 1 heterocycles. The third kappa shape index (κ3) is 6.91. The number of rotatable bonds is 8. The van der Waals surface area contributed by atoms with E-state index in [0.29, 0.717) is 25.3 Å². The predicted octanol–water partition coefficient (Wildman–Crippen LogP) is 3.44. The fourth-order valence-electron chi connectivity index (χ4n) is 3.30. The summed E-state index contributed by atoms with van der Waals surface area (Å²) in [5.74, 6) is 0.215. The molecule has 0 saturated carbocycles. The maximum Gasteiger partial charge on any atom is 0.307 e. The molecule has 0 N–H and O–H groups in total. The van der Waals surface area contributed by atoms with E-state index in [1.165, 1.54) is 5.56 Å². The van der Waals surface area contributed by atoms with Gasteiger partial charge in [-0.15, -0.1) is 11.8 Å². The van der Waals surface area contributed by atoms with Crippen molar-refractivity contribution in [2.75, 3.05) is 31.9 Å². The lowest BCUT2D eigenvalue weighted by molar-refractivity contribution is -0.159. The fourth-order valence-corrected chi connectivity index (χ4v) is 4.15. The largest absolute Gasteiger partial charge is 0.453 e. The first-order valence-electron chi connectivity index (χ1n) is 10.0. The average molecular weight is 413 g/mol. The summed E-state index contributed by atoms with van der Waals surface area (Å²) < 4.78 is 5.37. The number of thioether (sulfide) groups is 1. The summed E-state index contributed by atoms with van der Waals surface area (Å²) in [5, 5.41) is 0. The molecule has 1 aliphatic heterocycles. The van der Waals surface area contributed by atoms with Gasteiger partial charge in [0.1, 0.15) is 0 Å². The SMILES string of the molecule is CC(OC(=O)CCSc1ccccc1)C(=O)N1CCN(Cc2ccccc2)CC1. The summed E-state index contributed by atoms with van der Waals surface area (Å²) in [6.45, 7) is 5.55. The Labute approximate surface area is 177 Å². The van der Waals surface area contributed by atoms with Crippen LogP contribution >= 0.6 is 11.8 Å². The van der Waals surface area contributed by atoms with E-state index in [1.54, 1.807) is 23.6 Å². The highest BCUT2D eigenvalue weighted by Gasteiger charge is 2.27. The Balaban J connectivity index is 1.36.